The Balaban J connectivity index is 2.14. The summed E-state index contributed by atoms with van der Waals surface area (Å²) in [5, 5.41) is 3.44. The van der Waals surface area contributed by atoms with Gasteiger partial charge in [0.15, 0.2) is 0 Å². The molecule has 0 aliphatic carbocycles. The summed E-state index contributed by atoms with van der Waals surface area (Å²) in [4.78, 5) is 0. The second-order valence-electron chi connectivity index (χ2n) is 4.93. The summed E-state index contributed by atoms with van der Waals surface area (Å²) in [6, 6.07) is 14.8. The molecule has 0 fully saturated rings. The highest BCUT2D eigenvalue weighted by atomic mass is 16.5. The fourth-order valence-electron chi connectivity index (χ4n) is 2.87. The first-order valence-corrected chi connectivity index (χ1v) is 7.01. The van der Waals surface area contributed by atoms with Crippen LogP contribution in [0, 0.1) is 0 Å². The zero-order chi connectivity index (χ0) is 13.9. The van der Waals surface area contributed by atoms with Gasteiger partial charge in [-0.1, -0.05) is 48.5 Å². The first-order chi connectivity index (χ1) is 9.85. The average molecular weight is 265 g/mol. The van der Waals surface area contributed by atoms with Crippen molar-refractivity contribution < 1.29 is 4.74 Å². The van der Waals surface area contributed by atoms with Gasteiger partial charge < -0.3 is 10.1 Å². The molecule has 0 amide bonds. The normalized spacial score (nSPS) is 13.8. The topological polar surface area (TPSA) is 21.3 Å². The summed E-state index contributed by atoms with van der Waals surface area (Å²) in [5.41, 5.74) is 6.06. The van der Waals surface area contributed by atoms with Crippen molar-refractivity contribution in [1.29, 1.82) is 0 Å². The van der Waals surface area contributed by atoms with Crippen LogP contribution in [0.1, 0.15) is 23.6 Å². The lowest BCUT2D eigenvalue weighted by Crippen LogP contribution is -1.98. The molecule has 0 saturated carbocycles. The molecule has 2 nitrogen and oxygen atoms in total. The standard InChI is InChI=1S/C18H19NO/c1-3-15(13-7-5-4-6-8-13)16-10-9-14-11-12-19-17(14)18(16)20-2/h3-10,19H,11-12H2,1-2H3/b15-3+. The molecule has 2 aromatic rings. The Hall–Kier alpha value is -2.22. The second-order valence-corrected chi connectivity index (χ2v) is 4.93. The minimum Gasteiger partial charge on any atom is -0.494 e. The predicted molar refractivity (Wildman–Crippen MR) is 84.4 cm³/mol. The Morgan fingerprint density at radius 2 is 1.95 bits per heavy atom. The van der Waals surface area contributed by atoms with E-state index >= 15 is 0 Å². The molecule has 102 valence electrons. The Bertz CT molecular complexity index is 644. The van der Waals surface area contributed by atoms with Crippen LogP contribution in [-0.2, 0) is 6.42 Å². The fraction of sp³-hybridized carbons (Fsp3) is 0.222. The quantitative estimate of drug-likeness (QED) is 0.901. The van der Waals surface area contributed by atoms with Gasteiger partial charge in [-0.2, -0.15) is 0 Å². The monoisotopic (exact) mass is 265 g/mol. The summed E-state index contributed by atoms with van der Waals surface area (Å²) in [5.74, 6) is 0.956. The average Bonchev–Trinajstić information content (AvgIpc) is 2.97. The number of nitrogens with one attached hydrogen (secondary N) is 1. The lowest BCUT2D eigenvalue weighted by Gasteiger charge is -2.16. The zero-order valence-corrected chi connectivity index (χ0v) is 11.9. The van der Waals surface area contributed by atoms with Gasteiger partial charge in [0.1, 0.15) is 5.75 Å². The summed E-state index contributed by atoms with van der Waals surface area (Å²) >= 11 is 0. The van der Waals surface area contributed by atoms with E-state index in [1.807, 2.05) is 6.07 Å². The van der Waals surface area contributed by atoms with Gasteiger partial charge in [0.25, 0.3) is 0 Å². The molecular weight excluding hydrogens is 246 g/mol. The minimum atomic E-state index is 0.956. The number of hydrogen-bond acceptors (Lipinski definition) is 2. The molecule has 0 saturated heterocycles. The van der Waals surface area contributed by atoms with Crippen LogP contribution in [0.2, 0.25) is 0 Å². The molecule has 1 heterocycles. The molecule has 0 atom stereocenters. The molecule has 0 unspecified atom stereocenters. The van der Waals surface area contributed by atoms with E-state index in [0.717, 1.165) is 30.0 Å². The summed E-state index contributed by atoms with van der Waals surface area (Å²) in [6.07, 6.45) is 3.22. The SMILES string of the molecule is C/C=C(\c1ccccc1)c1ccc2c(c1OC)NCC2. The second kappa shape index (κ2) is 5.41. The smallest absolute Gasteiger partial charge is 0.150 e. The van der Waals surface area contributed by atoms with E-state index in [1.165, 1.54) is 16.7 Å². The van der Waals surface area contributed by atoms with Gasteiger partial charge in [-0.25, -0.2) is 0 Å². The molecule has 20 heavy (non-hydrogen) atoms. The minimum absolute atomic E-state index is 0.956. The van der Waals surface area contributed by atoms with Crippen molar-refractivity contribution in [2.45, 2.75) is 13.3 Å². The van der Waals surface area contributed by atoms with E-state index in [0.29, 0.717) is 0 Å². The van der Waals surface area contributed by atoms with Crippen LogP contribution in [0.25, 0.3) is 5.57 Å². The van der Waals surface area contributed by atoms with Gasteiger partial charge in [-0.05, 0) is 30.0 Å². The van der Waals surface area contributed by atoms with E-state index in [2.05, 4.69) is 54.7 Å². The van der Waals surface area contributed by atoms with Crippen molar-refractivity contribution in [2.24, 2.45) is 0 Å². The number of benzene rings is 2. The van der Waals surface area contributed by atoms with Gasteiger partial charge in [-0.3, -0.25) is 0 Å². The number of rotatable bonds is 3. The van der Waals surface area contributed by atoms with Crippen LogP contribution in [-0.4, -0.2) is 13.7 Å². The number of allylic oxidation sites excluding steroid dienone is 1. The molecule has 3 rings (SSSR count). The molecular formula is C18H19NO. The molecule has 2 heteroatoms. The van der Waals surface area contributed by atoms with Crippen molar-refractivity contribution in [2.75, 3.05) is 19.0 Å². The Kier molecular flexibility index (Phi) is 3.46. The number of ether oxygens (including phenoxy) is 1. The molecule has 0 radical (unpaired) electrons. The van der Waals surface area contributed by atoms with Crippen LogP contribution in [0.15, 0.2) is 48.5 Å². The molecule has 0 bridgehead atoms. The largest absolute Gasteiger partial charge is 0.494 e. The molecule has 2 aromatic carbocycles. The van der Waals surface area contributed by atoms with Crippen molar-refractivity contribution in [3.8, 4) is 5.75 Å². The van der Waals surface area contributed by atoms with Crippen molar-refractivity contribution in [3.05, 3.63) is 65.2 Å². The van der Waals surface area contributed by atoms with Crippen LogP contribution in [0.3, 0.4) is 0 Å². The summed E-state index contributed by atoms with van der Waals surface area (Å²) in [7, 11) is 1.75. The first kappa shape index (κ1) is 12.8. The molecule has 0 aromatic heterocycles. The van der Waals surface area contributed by atoms with E-state index in [1.54, 1.807) is 7.11 Å². The van der Waals surface area contributed by atoms with Crippen LogP contribution >= 0.6 is 0 Å². The van der Waals surface area contributed by atoms with Crippen molar-refractivity contribution in [3.63, 3.8) is 0 Å². The van der Waals surface area contributed by atoms with Gasteiger partial charge in [0.2, 0.25) is 0 Å². The lowest BCUT2D eigenvalue weighted by atomic mass is 9.95. The van der Waals surface area contributed by atoms with E-state index in [9.17, 15) is 0 Å². The van der Waals surface area contributed by atoms with Crippen LogP contribution < -0.4 is 10.1 Å². The lowest BCUT2D eigenvalue weighted by molar-refractivity contribution is 0.415. The van der Waals surface area contributed by atoms with Gasteiger partial charge in [0, 0.05) is 12.1 Å². The number of fused-ring (bicyclic) bond motifs is 1. The van der Waals surface area contributed by atoms with Crippen LogP contribution in [0.5, 0.6) is 5.75 Å². The van der Waals surface area contributed by atoms with E-state index < -0.39 is 0 Å². The third-order valence-corrected chi connectivity index (χ3v) is 3.81. The highest BCUT2D eigenvalue weighted by molar-refractivity contribution is 5.87. The highest BCUT2D eigenvalue weighted by Crippen LogP contribution is 2.40. The maximum atomic E-state index is 5.69. The first-order valence-electron chi connectivity index (χ1n) is 7.01. The van der Waals surface area contributed by atoms with E-state index in [-0.39, 0.29) is 0 Å². The summed E-state index contributed by atoms with van der Waals surface area (Å²) in [6.45, 7) is 3.06. The predicted octanol–water partition coefficient (Wildman–Crippen LogP) is 4.11. The number of methoxy groups -OCH3 is 1. The third kappa shape index (κ3) is 2.07. The highest BCUT2D eigenvalue weighted by Gasteiger charge is 2.20. The van der Waals surface area contributed by atoms with Gasteiger partial charge in [-0.15, -0.1) is 0 Å². The molecule has 1 aliphatic rings. The molecule has 1 aliphatic heterocycles. The Morgan fingerprint density at radius 1 is 1.15 bits per heavy atom. The fourth-order valence-corrected chi connectivity index (χ4v) is 2.87. The Morgan fingerprint density at radius 3 is 2.65 bits per heavy atom. The van der Waals surface area contributed by atoms with Crippen LogP contribution in [0.4, 0.5) is 5.69 Å². The van der Waals surface area contributed by atoms with Crippen molar-refractivity contribution >= 4 is 11.3 Å². The number of anilines is 1. The van der Waals surface area contributed by atoms with E-state index in [4.69, 9.17) is 4.74 Å². The Labute approximate surface area is 120 Å². The number of hydrogen-bond donors (Lipinski definition) is 1. The molecule has 0 spiro atoms. The van der Waals surface area contributed by atoms with Gasteiger partial charge >= 0.3 is 0 Å². The maximum absolute atomic E-state index is 5.69. The molecule has 1 N–H and O–H groups in total. The third-order valence-electron chi connectivity index (χ3n) is 3.81. The zero-order valence-electron chi connectivity index (χ0n) is 11.9. The van der Waals surface area contributed by atoms with Gasteiger partial charge in [0.05, 0.1) is 12.8 Å². The van der Waals surface area contributed by atoms with Crippen molar-refractivity contribution in [1.82, 2.24) is 0 Å². The maximum Gasteiger partial charge on any atom is 0.150 e. The summed E-state index contributed by atoms with van der Waals surface area (Å²) < 4.78 is 5.69.